The maximum Gasteiger partial charge on any atom is 0.387 e. The Morgan fingerprint density at radius 3 is 2.59 bits per heavy atom. The average Bonchev–Trinajstić information content (AvgIpc) is 2.67. The number of benzene rings is 2. The minimum absolute atomic E-state index is 0.0256. The number of amides is 2. The fraction of sp³-hybridized carbons (Fsp3) is 0.263. The van der Waals surface area contributed by atoms with Crippen LogP contribution in [-0.2, 0) is 16.0 Å². The van der Waals surface area contributed by atoms with Crippen LogP contribution in [0.25, 0.3) is 0 Å². The molecule has 1 N–H and O–H groups in total. The highest BCUT2D eigenvalue weighted by Crippen LogP contribution is 2.33. The number of carbonyl (C=O) groups is 2. The van der Waals surface area contributed by atoms with Gasteiger partial charge in [-0.2, -0.15) is 8.78 Å². The zero-order valence-corrected chi connectivity index (χ0v) is 14.5. The number of hydrogen-bond acceptors (Lipinski definition) is 4. The number of hydrogen-bond donors (Lipinski definition) is 1. The largest absolute Gasteiger partial charge is 0.477 e. The first-order valence-corrected chi connectivity index (χ1v) is 8.29. The fourth-order valence-electron chi connectivity index (χ4n) is 2.83. The van der Waals surface area contributed by atoms with Gasteiger partial charge in [-0.05, 0) is 29.8 Å². The summed E-state index contributed by atoms with van der Waals surface area (Å²) in [7, 11) is 1.50. The van der Waals surface area contributed by atoms with Gasteiger partial charge in [-0.1, -0.05) is 24.3 Å². The maximum atomic E-state index is 12.8. The number of alkyl halides is 2. The van der Waals surface area contributed by atoms with Crippen molar-refractivity contribution in [2.24, 2.45) is 0 Å². The third-order valence-electron chi connectivity index (χ3n) is 4.12. The Hall–Kier alpha value is -3.16. The fourth-order valence-corrected chi connectivity index (χ4v) is 2.83. The first-order chi connectivity index (χ1) is 13.0. The van der Waals surface area contributed by atoms with Crippen LogP contribution in [0.2, 0.25) is 0 Å². The number of likely N-dealkylation sites (N-methyl/N-ethyl adjacent to an activating group) is 1. The summed E-state index contributed by atoms with van der Waals surface area (Å²) in [6, 6.07) is 12.9. The van der Waals surface area contributed by atoms with Crippen LogP contribution in [0, 0.1) is 0 Å². The normalized spacial score (nSPS) is 15.7. The van der Waals surface area contributed by atoms with Crippen molar-refractivity contribution in [1.82, 2.24) is 5.32 Å². The molecule has 0 aromatic heterocycles. The lowest BCUT2D eigenvalue weighted by molar-refractivity contribution is -0.127. The van der Waals surface area contributed by atoms with Crippen molar-refractivity contribution in [2.75, 3.05) is 18.5 Å². The Morgan fingerprint density at radius 2 is 1.93 bits per heavy atom. The molecule has 1 aliphatic rings. The minimum Gasteiger partial charge on any atom is -0.477 e. The predicted octanol–water partition coefficient (Wildman–Crippen LogP) is 2.37. The van der Waals surface area contributed by atoms with E-state index in [0.29, 0.717) is 17.0 Å². The van der Waals surface area contributed by atoms with Crippen molar-refractivity contribution in [3.8, 4) is 11.5 Å². The van der Waals surface area contributed by atoms with Gasteiger partial charge in [0.2, 0.25) is 5.91 Å². The maximum absolute atomic E-state index is 12.8. The van der Waals surface area contributed by atoms with Gasteiger partial charge in [0, 0.05) is 7.05 Å². The average molecular weight is 376 g/mol. The molecule has 1 aliphatic heterocycles. The molecular formula is C19H18F2N2O4. The highest BCUT2D eigenvalue weighted by Gasteiger charge is 2.33. The lowest BCUT2D eigenvalue weighted by atomic mass is 10.1. The van der Waals surface area contributed by atoms with Crippen molar-refractivity contribution in [3.63, 3.8) is 0 Å². The van der Waals surface area contributed by atoms with E-state index in [1.807, 2.05) is 0 Å². The van der Waals surface area contributed by atoms with E-state index >= 15 is 0 Å². The molecule has 1 atom stereocenters. The minimum atomic E-state index is -2.90. The molecule has 0 radical (unpaired) electrons. The van der Waals surface area contributed by atoms with E-state index in [2.05, 4.69) is 10.1 Å². The summed E-state index contributed by atoms with van der Waals surface area (Å²) >= 11 is 0. The third kappa shape index (κ3) is 4.33. The van der Waals surface area contributed by atoms with E-state index in [9.17, 15) is 18.4 Å². The summed E-state index contributed by atoms with van der Waals surface area (Å²) in [6.45, 7) is -2.81. The number of fused-ring (bicyclic) bond motifs is 1. The third-order valence-corrected chi connectivity index (χ3v) is 4.12. The molecule has 0 fully saturated rings. The Balaban J connectivity index is 1.77. The highest BCUT2D eigenvalue weighted by atomic mass is 19.3. The van der Waals surface area contributed by atoms with Gasteiger partial charge in [-0.3, -0.25) is 9.59 Å². The van der Waals surface area contributed by atoms with Crippen molar-refractivity contribution < 1.29 is 27.8 Å². The molecule has 3 rings (SSSR count). The smallest absolute Gasteiger partial charge is 0.387 e. The summed E-state index contributed by atoms with van der Waals surface area (Å²) < 4.78 is 34.4. The van der Waals surface area contributed by atoms with Gasteiger partial charge in [-0.15, -0.1) is 0 Å². The molecule has 0 bridgehead atoms. The molecule has 2 amide bonds. The summed E-state index contributed by atoms with van der Waals surface area (Å²) in [5.74, 6) is -0.0815. The zero-order valence-electron chi connectivity index (χ0n) is 14.5. The van der Waals surface area contributed by atoms with Crippen LogP contribution >= 0.6 is 0 Å². The number of anilines is 1. The van der Waals surface area contributed by atoms with Crippen molar-refractivity contribution in [2.45, 2.75) is 19.1 Å². The van der Waals surface area contributed by atoms with Crippen LogP contribution in [0.1, 0.15) is 5.56 Å². The molecule has 0 spiro atoms. The number of rotatable bonds is 5. The van der Waals surface area contributed by atoms with Gasteiger partial charge in [0.1, 0.15) is 11.5 Å². The first-order valence-electron chi connectivity index (χ1n) is 8.29. The summed E-state index contributed by atoms with van der Waals surface area (Å²) in [5.41, 5.74) is 1.22. The Labute approximate surface area is 154 Å². The van der Waals surface area contributed by atoms with Gasteiger partial charge in [0.25, 0.3) is 5.91 Å². The Morgan fingerprint density at radius 1 is 1.22 bits per heavy atom. The number of carbonyl (C=O) groups excluding carboxylic acids is 2. The van der Waals surface area contributed by atoms with Gasteiger partial charge >= 0.3 is 6.61 Å². The van der Waals surface area contributed by atoms with Crippen LogP contribution in [0.5, 0.6) is 11.5 Å². The number of halogens is 2. The quantitative estimate of drug-likeness (QED) is 0.870. The Kier molecular flexibility index (Phi) is 5.54. The zero-order chi connectivity index (χ0) is 19.4. The van der Waals surface area contributed by atoms with Gasteiger partial charge in [-0.25, -0.2) is 0 Å². The molecular weight excluding hydrogens is 358 g/mol. The monoisotopic (exact) mass is 376 g/mol. The van der Waals surface area contributed by atoms with Crippen LogP contribution in [0.15, 0.2) is 48.5 Å². The molecule has 1 heterocycles. The number of ether oxygens (including phenoxy) is 2. The van der Waals surface area contributed by atoms with Crippen LogP contribution in [0.3, 0.4) is 0 Å². The molecule has 2 aromatic carbocycles. The van der Waals surface area contributed by atoms with E-state index in [4.69, 9.17) is 4.74 Å². The second-order valence-corrected chi connectivity index (χ2v) is 5.89. The SMILES string of the molecule is CNC(=O)[C@@H]1CN(C(=O)Cc2ccc(OC(F)F)cc2)c2ccccc2O1. The standard InChI is InChI=1S/C19H18F2N2O4/c1-22-18(25)16-11-23(14-4-2-3-5-15(14)27-16)17(24)10-12-6-8-13(9-7-12)26-19(20)21/h2-9,16,19H,10-11H2,1H3,(H,22,25)/t16-/m0/s1. The molecule has 0 unspecified atom stereocenters. The number of nitrogens with one attached hydrogen (secondary N) is 1. The molecule has 142 valence electrons. The molecule has 8 heteroatoms. The van der Waals surface area contributed by atoms with Crippen LogP contribution < -0.4 is 19.7 Å². The van der Waals surface area contributed by atoms with Crippen molar-refractivity contribution in [3.05, 3.63) is 54.1 Å². The van der Waals surface area contributed by atoms with Gasteiger partial charge < -0.3 is 19.7 Å². The van der Waals surface area contributed by atoms with E-state index in [-0.39, 0.29) is 30.5 Å². The molecule has 0 saturated heterocycles. The van der Waals surface area contributed by atoms with Crippen molar-refractivity contribution in [1.29, 1.82) is 0 Å². The van der Waals surface area contributed by atoms with Gasteiger partial charge in [0.05, 0.1) is 18.7 Å². The Bertz CT molecular complexity index is 827. The van der Waals surface area contributed by atoms with Crippen LogP contribution in [0.4, 0.5) is 14.5 Å². The summed E-state index contributed by atoms with van der Waals surface area (Å²) in [5, 5.41) is 2.52. The summed E-state index contributed by atoms with van der Waals surface area (Å²) in [6.07, 6.45) is -0.764. The second kappa shape index (κ2) is 8.03. The highest BCUT2D eigenvalue weighted by molar-refractivity contribution is 5.98. The molecule has 27 heavy (non-hydrogen) atoms. The van der Waals surface area contributed by atoms with E-state index in [1.165, 1.54) is 24.1 Å². The van der Waals surface area contributed by atoms with Gasteiger partial charge in [0.15, 0.2) is 6.10 Å². The molecule has 0 aliphatic carbocycles. The van der Waals surface area contributed by atoms with Crippen molar-refractivity contribution >= 4 is 17.5 Å². The topological polar surface area (TPSA) is 67.9 Å². The summed E-state index contributed by atoms with van der Waals surface area (Å²) in [4.78, 5) is 26.3. The first kappa shape index (κ1) is 18.6. The molecule has 2 aromatic rings. The van der Waals surface area contributed by atoms with E-state index in [1.54, 1.807) is 36.4 Å². The van der Waals surface area contributed by atoms with E-state index in [0.717, 1.165) is 0 Å². The number of nitrogens with zero attached hydrogens (tertiary/aromatic N) is 1. The van der Waals surface area contributed by atoms with Crippen LogP contribution in [-0.4, -0.2) is 38.1 Å². The second-order valence-electron chi connectivity index (χ2n) is 5.89. The molecule has 6 nitrogen and oxygen atoms in total. The van der Waals surface area contributed by atoms with E-state index < -0.39 is 12.7 Å². The number of para-hydroxylation sites is 2. The molecule has 0 saturated carbocycles. The lowest BCUT2D eigenvalue weighted by Gasteiger charge is -2.34. The predicted molar refractivity (Wildman–Crippen MR) is 94.1 cm³/mol. The lowest BCUT2D eigenvalue weighted by Crippen LogP contribution is -2.50.